The Morgan fingerprint density at radius 1 is 1.40 bits per heavy atom. The molecule has 0 bridgehead atoms. The zero-order valence-electron chi connectivity index (χ0n) is 8.11. The minimum absolute atomic E-state index is 0.0553. The van der Waals surface area contributed by atoms with E-state index < -0.39 is 12.0 Å². The molecule has 15 heavy (non-hydrogen) atoms. The van der Waals surface area contributed by atoms with Crippen LogP contribution in [0, 0.1) is 0 Å². The van der Waals surface area contributed by atoms with Gasteiger partial charge in [0.15, 0.2) is 0 Å². The lowest BCUT2D eigenvalue weighted by atomic mass is 9.92. The van der Waals surface area contributed by atoms with Gasteiger partial charge >= 0.3 is 5.97 Å². The van der Waals surface area contributed by atoms with E-state index in [2.05, 4.69) is 5.32 Å². The molecule has 80 valence electrons. The predicted molar refractivity (Wildman–Crippen MR) is 58.2 cm³/mol. The minimum Gasteiger partial charge on any atom is -0.480 e. The van der Waals surface area contributed by atoms with E-state index in [1.807, 2.05) is 12.1 Å². The van der Waals surface area contributed by atoms with Crippen LogP contribution in [-0.4, -0.2) is 23.7 Å². The zero-order valence-corrected chi connectivity index (χ0v) is 8.87. The van der Waals surface area contributed by atoms with Gasteiger partial charge in [-0.15, -0.1) is 0 Å². The summed E-state index contributed by atoms with van der Waals surface area (Å²) in [5.74, 6) is -0.729. The van der Waals surface area contributed by atoms with Crippen LogP contribution < -0.4 is 5.32 Å². The summed E-state index contributed by atoms with van der Waals surface area (Å²) in [6.45, 7) is 0.754. The molecule has 1 fully saturated rings. The topological polar surface area (TPSA) is 49.3 Å². The molecule has 3 nitrogen and oxygen atoms in total. The van der Waals surface area contributed by atoms with E-state index in [-0.39, 0.29) is 5.92 Å². The summed E-state index contributed by atoms with van der Waals surface area (Å²) < 4.78 is 0. The summed E-state index contributed by atoms with van der Waals surface area (Å²) in [5, 5.41) is 12.7. The second kappa shape index (κ2) is 4.21. The maximum absolute atomic E-state index is 11.0. The molecule has 0 amide bonds. The monoisotopic (exact) mass is 225 g/mol. The molecule has 1 aromatic carbocycles. The van der Waals surface area contributed by atoms with Crippen LogP contribution >= 0.6 is 11.6 Å². The van der Waals surface area contributed by atoms with E-state index in [9.17, 15) is 4.79 Å². The molecule has 1 saturated heterocycles. The Bertz CT molecular complexity index is 363. The maximum Gasteiger partial charge on any atom is 0.321 e. The largest absolute Gasteiger partial charge is 0.480 e. The highest BCUT2D eigenvalue weighted by Crippen LogP contribution is 2.28. The summed E-state index contributed by atoms with van der Waals surface area (Å²) in [5.41, 5.74) is 1.04. The normalized spacial score (nSPS) is 25.4. The van der Waals surface area contributed by atoms with Crippen LogP contribution in [0.25, 0.3) is 0 Å². The first-order valence-corrected chi connectivity index (χ1v) is 5.28. The third kappa shape index (κ3) is 2.13. The number of hydrogen-bond donors (Lipinski definition) is 2. The lowest BCUT2D eigenvalue weighted by Crippen LogP contribution is -2.34. The van der Waals surface area contributed by atoms with E-state index in [1.165, 1.54) is 0 Å². The van der Waals surface area contributed by atoms with Gasteiger partial charge in [-0.3, -0.25) is 4.79 Å². The first kappa shape index (κ1) is 10.5. The van der Waals surface area contributed by atoms with Crippen molar-refractivity contribution in [1.29, 1.82) is 0 Å². The van der Waals surface area contributed by atoms with Crippen LogP contribution in [0.1, 0.15) is 17.9 Å². The SMILES string of the molecule is O=C(O)[C@H]1NCC[C@H]1c1ccc(Cl)cc1. The molecule has 2 N–H and O–H groups in total. The molecule has 1 aliphatic heterocycles. The van der Waals surface area contributed by atoms with Gasteiger partial charge in [-0.2, -0.15) is 0 Å². The van der Waals surface area contributed by atoms with Crippen LogP contribution in [0.15, 0.2) is 24.3 Å². The third-order valence-corrected chi connectivity index (χ3v) is 3.04. The highest BCUT2D eigenvalue weighted by atomic mass is 35.5. The molecule has 2 rings (SSSR count). The van der Waals surface area contributed by atoms with Crippen molar-refractivity contribution < 1.29 is 9.90 Å². The van der Waals surface area contributed by atoms with Crippen molar-refractivity contribution in [3.05, 3.63) is 34.9 Å². The number of carboxylic acid groups (broad SMARTS) is 1. The average Bonchev–Trinajstić information content (AvgIpc) is 2.67. The van der Waals surface area contributed by atoms with Crippen molar-refractivity contribution in [2.45, 2.75) is 18.4 Å². The standard InChI is InChI=1S/C11H12ClNO2/c12-8-3-1-7(2-4-8)9-5-6-13-10(9)11(14)15/h1-4,9-10,13H,5-6H2,(H,14,15)/t9-,10-/m0/s1. The first-order valence-electron chi connectivity index (χ1n) is 4.90. The van der Waals surface area contributed by atoms with Crippen molar-refractivity contribution in [3.8, 4) is 0 Å². The molecule has 0 aliphatic carbocycles. The first-order chi connectivity index (χ1) is 7.18. The maximum atomic E-state index is 11.0. The van der Waals surface area contributed by atoms with Crippen molar-refractivity contribution in [1.82, 2.24) is 5.32 Å². The quantitative estimate of drug-likeness (QED) is 0.808. The van der Waals surface area contributed by atoms with Crippen molar-refractivity contribution in [2.24, 2.45) is 0 Å². The Morgan fingerprint density at radius 2 is 2.07 bits per heavy atom. The number of hydrogen-bond acceptors (Lipinski definition) is 2. The average molecular weight is 226 g/mol. The Morgan fingerprint density at radius 3 is 2.67 bits per heavy atom. The number of rotatable bonds is 2. The molecule has 1 aliphatic rings. The Labute approximate surface area is 93.1 Å². The molecule has 0 aromatic heterocycles. The molecular weight excluding hydrogens is 214 g/mol. The smallest absolute Gasteiger partial charge is 0.321 e. The van der Waals surface area contributed by atoms with E-state index in [1.54, 1.807) is 12.1 Å². The van der Waals surface area contributed by atoms with E-state index in [4.69, 9.17) is 16.7 Å². The van der Waals surface area contributed by atoms with Gasteiger partial charge in [-0.1, -0.05) is 23.7 Å². The highest BCUT2D eigenvalue weighted by Gasteiger charge is 2.33. The van der Waals surface area contributed by atoms with Gasteiger partial charge in [0.05, 0.1) is 0 Å². The van der Waals surface area contributed by atoms with Gasteiger partial charge in [0.1, 0.15) is 6.04 Å². The summed E-state index contributed by atoms with van der Waals surface area (Å²) in [6.07, 6.45) is 0.860. The number of benzene rings is 1. The fourth-order valence-corrected chi connectivity index (χ4v) is 2.16. The summed E-state index contributed by atoms with van der Waals surface area (Å²) >= 11 is 5.79. The molecular formula is C11H12ClNO2. The van der Waals surface area contributed by atoms with Crippen LogP contribution in [0.4, 0.5) is 0 Å². The van der Waals surface area contributed by atoms with Gasteiger partial charge in [-0.25, -0.2) is 0 Å². The number of nitrogens with one attached hydrogen (secondary N) is 1. The van der Waals surface area contributed by atoms with Gasteiger partial charge < -0.3 is 10.4 Å². The zero-order chi connectivity index (χ0) is 10.8. The number of carboxylic acids is 1. The second-order valence-electron chi connectivity index (χ2n) is 3.72. The van der Waals surface area contributed by atoms with Gasteiger partial charge in [0, 0.05) is 10.9 Å². The van der Waals surface area contributed by atoms with E-state index in [0.29, 0.717) is 5.02 Å². The highest BCUT2D eigenvalue weighted by molar-refractivity contribution is 6.30. The summed E-state index contributed by atoms with van der Waals surface area (Å²) in [6, 6.07) is 6.93. The molecule has 0 saturated carbocycles. The molecule has 0 unspecified atom stereocenters. The molecule has 4 heteroatoms. The van der Waals surface area contributed by atoms with Gasteiger partial charge in [-0.05, 0) is 30.7 Å². The van der Waals surface area contributed by atoms with Gasteiger partial charge in [0.25, 0.3) is 0 Å². The Hall–Kier alpha value is -1.06. The Balaban J connectivity index is 2.22. The number of halogens is 1. The summed E-state index contributed by atoms with van der Waals surface area (Å²) in [4.78, 5) is 11.0. The lowest BCUT2D eigenvalue weighted by Gasteiger charge is -2.15. The lowest BCUT2D eigenvalue weighted by molar-refractivity contribution is -0.139. The number of aliphatic carboxylic acids is 1. The molecule has 0 spiro atoms. The fraction of sp³-hybridized carbons (Fsp3) is 0.364. The molecule has 1 heterocycles. The Kier molecular flexibility index (Phi) is 2.93. The molecule has 0 radical (unpaired) electrons. The van der Waals surface area contributed by atoms with Crippen LogP contribution in [0.2, 0.25) is 5.02 Å². The van der Waals surface area contributed by atoms with Crippen LogP contribution in [0.3, 0.4) is 0 Å². The van der Waals surface area contributed by atoms with Crippen LogP contribution in [-0.2, 0) is 4.79 Å². The molecule has 1 aromatic rings. The van der Waals surface area contributed by atoms with E-state index in [0.717, 1.165) is 18.5 Å². The van der Waals surface area contributed by atoms with Crippen molar-refractivity contribution in [3.63, 3.8) is 0 Å². The minimum atomic E-state index is -0.785. The fourth-order valence-electron chi connectivity index (χ4n) is 2.03. The summed E-state index contributed by atoms with van der Waals surface area (Å²) in [7, 11) is 0. The van der Waals surface area contributed by atoms with Gasteiger partial charge in [0.2, 0.25) is 0 Å². The van der Waals surface area contributed by atoms with Crippen molar-refractivity contribution in [2.75, 3.05) is 6.54 Å². The second-order valence-corrected chi connectivity index (χ2v) is 4.15. The third-order valence-electron chi connectivity index (χ3n) is 2.79. The van der Waals surface area contributed by atoms with E-state index >= 15 is 0 Å². The predicted octanol–water partition coefficient (Wildman–Crippen LogP) is 1.87. The van der Waals surface area contributed by atoms with Crippen LogP contribution in [0.5, 0.6) is 0 Å². The van der Waals surface area contributed by atoms with Crippen molar-refractivity contribution >= 4 is 17.6 Å². The molecule has 2 atom stereocenters. The number of carbonyl (C=O) groups is 1.